The van der Waals surface area contributed by atoms with Crippen LogP contribution in [0.1, 0.15) is 54.0 Å². The number of hydrogen-bond acceptors (Lipinski definition) is 4. The van der Waals surface area contributed by atoms with Crippen molar-refractivity contribution in [3.05, 3.63) is 29.8 Å². The number of nitrogens with two attached hydrogens (primary N) is 1. The normalized spacial score (nSPS) is 15.4. The summed E-state index contributed by atoms with van der Waals surface area (Å²) < 4.78 is 11.6. The van der Waals surface area contributed by atoms with Crippen LogP contribution in [0.3, 0.4) is 0 Å². The number of para-hydroxylation sites is 1. The number of benzene rings is 1. The van der Waals surface area contributed by atoms with Gasteiger partial charge in [0.2, 0.25) is 0 Å². The van der Waals surface area contributed by atoms with Gasteiger partial charge in [0.05, 0.1) is 5.60 Å². The lowest BCUT2D eigenvalue weighted by Crippen LogP contribution is -2.45. The molecule has 1 atom stereocenters. The van der Waals surface area contributed by atoms with Crippen molar-refractivity contribution in [1.82, 2.24) is 0 Å². The van der Waals surface area contributed by atoms with Crippen molar-refractivity contribution in [3.63, 3.8) is 0 Å². The highest BCUT2D eigenvalue weighted by Crippen LogP contribution is 2.36. The van der Waals surface area contributed by atoms with Gasteiger partial charge in [0.15, 0.2) is 5.60 Å². The quantitative estimate of drug-likeness (QED) is 0.682. The molecule has 0 radical (unpaired) electrons. The zero-order valence-corrected chi connectivity index (χ0v) is 14.1. The number of carbonyl (C=O) groups is 1. The highest BCUT2D eigenvalue weighted by atomic mass is 16.6. The molecular weight excluding hydrogens is 266 g/mol. The molecule has 0 aromatic heterocycles. The highest BCUT2D eigenvalue weighted by Gasteiger charge is 2.44. The molecule has 0 bridgehead atoms. The van der Waals surface area contributed by atoms with E-state index >= 15 is 0 Å². The van der Waals surface area contributed by atoms with Gasteiger partial charge < -0.3 is 15.2 Å². The second kappa shape index (κ2) is 5.68. The molecule has 118 valence electrons. The predicted molar refractivity (Wildman–Crippen MR) is 84.9 cm³/mol. The van der Waals surface area contributed by atoms with Gasteiger partial charge in [0.25, 0.3) is 0 Å². The van der Waals surface area contributed by atoms with Gasteiger partial charge in [0, 0.05) is 11.3 Å². The Morgan fingerprint density at radius 3 is 1.90 bits per heavy atom. The second-order valence-electron chi connectivity index (χ2n) is 7.34. The van der Waals surface area contributed by atoms with Gasteiger partial charge in [0.1, 0.15) is 5.60 Å². The average Bonchev–Trinajstić information content (AvgIpc) is 2.24. The molecule has 0 amide bonds. The van der Waals surface area contributed by atoms with Crippen LogP contribution in [0.2, 0.25) is 0 Å². The Bertz CT molecular complexity index is 512. The highest BCUT2D eigenvalue weighted by molar-refractivity contribution is 5.83. The number of anilines is 1. The van der Waals surface area contributed by atoms with Crippen LogP contribution >= 0.6 is 0 Å². The molecule has 1 unspecified atom stereocenters. The van der Waals surface area contributed by atoms with E-state index < -0.39 is 22.8 Å². The summed E-state index contributed by atoms with van der Waals surface area (Å²) in [6, 6.07) is 7.21. The maximum atomic E-state index is 12.7. The number of nitrogen functional groups attached to an aromatic ring is 1. The minimum Gasteiger partial charge on any atom is -0.458 e. The van der Waals surface area contributed by atoms with Crippen LogP contribution in [0.15, 0.2) is 24.3 Å². The summed E-state index contributed by atoms with van der Waals surface area (Å²) in [6.07, 6.45) is 0. The van der Waals surface area contributed by atoms with Crippen LogP contribution in [0.25, 0.3) is 0 Å². The third-order valence-electron chi connectivity index (χ3n) is 2.77. The van der Waals surface area contributed by atoms with Crippen LogP contribution in [0.5, 0.6) is 0 Å². The summed E-state index contributed by atoms with van der Waals surface area (Å²) >= 11 is 0. The summed E-state index contributed by atoms with van der Waals surface area (Å²) in [5.41, 5.74) is 4.80. The Hall–Kier alpha value is -1.55. The summed E-state index contributed by atoms with van der Waals surface area (Å²) in [7, 11) is 0. The molecule has 1 rings (SSSR count). The monoisotopic (exact) mass is 293 g/mol. The van der Waals surface area contributed by atoms with E-state index in [2.05, 4.69) is 0 Å². The predicted octanol–water partition coefficient (Wildman–Crippen LogP) is 3.64. The molecule has 1 aromatic carbocycles. The van der Waals surface area contributed by atoms with E-state index in [-0.39, 0.29) is 0 Å². The zero-order valence-electron chi connectivity index (χ0n) is 14.1. The first kappa shape index (κ1) is 17.5. The van der Waals surface area contributed by atoms with Crippen LogP contribution in [0.4, 0.5) is 5.69 Å². The number of esters is 1. The number of rotatable bonds is 3. The van der Waals surface area contributed by atoms with E-state index in [0.29, 0.717) is 11.3 Å². The molecule has 2 N–H and O–H groups in total. The van der Waals surface area contributed by atoms with Gasteiger partial charge in [-0.15, -0.1) is 0 Å². The van der Waals surface area contributed by atoms with Crippen molar-refractivity contribution in [2.45, 2.75) is 65.3 Å². The molecule has 0 saturated heterocycles. The molecule has 0 aliphatic carbocycles. The summed E-state index contributed by atoms with van der Waals surface area (Å²) in [4.78, 5) is 12.7. The maximum absolute atomic E-state index is 12.7. The summed E-state index contributed by atoms with van der Waals surface area (Å²) in [5.74, 6) is -0.442. The minimum absolute atomic E-state index is 0.442. The zero-order chi connectivity index (χ0) is 16.5. The van der Waals surface area contributed by atoms with Crippen LogP contribution in [0, 0.1) is 0 Å². The molecule has 0 heterocycles. The fraction of sp³-hybridized carbons (Fsp3) is 0.588. The molecule has 0 fully saturated rings. The fourth-order valence-corrected chi connectivity index (χ4v) is 2.13. The minimum atomic E-state index is -1.25. The lowest BCUT2D eigenvalue weighted by Gasteiger charge is -2.37. The Morgan fingerprint density at radius 1 is 0.952 bits per heavy atom. The molecule has 1 aromatic rings. The lowest BCUT2D eigenvalue weighted by molar-refractivity contribution is -0.199. The van der Waals surface area contributed by atoms with Crippen molar-refractivity contribution in [2.75, 3.05) is 5.73 Å². The number of carbonyl (C=O) groups excluding carboxylic acids is 1. The third kappa shape index (κ3) is 4.74. The van der Waals surface area contributed by atoms with Crippen molar-refractivity contribution in [3.8, 4) is 0 Å². The largest absolute Gasteiger partial charge is 0.458 e. The Morgan fingerprint density at radius 2 is 1.48 bits per heavy atom. The SMILES string of the molecule is CC(C)(C)OC(=O)C(C)(OC(C)(C)C)c1ccccc1N. The molecule has 0 saturated carbocycles. The Labute approximate surface area is 127 Å². The molecule has 21 heavy (non-hydrogen) atoms. The molecule has 0 spiro atoms. The van der Waals surface area contributed by atoms with E-state index in [1.807, 2.05) is 53.7 Å². The van der Waals surface area contributed by atoms with E-state index in [9.17, 15) is 4.79 Å². The number of ether oxygens (including phenoxy) is 2. The van der Waals surface area contributed by atoms with Crippen LogP contribution < -0.4 is 5.73 Å². The van der Waals surface area contributed by atoms with E-state index in [0.717, 1.165) is 0 Å². The van der Waals surface area contributed by atoms with Gasteiger partial charge in [-0.25, -0.2) is 4.79 Å². The average molecular weight is 293 g/mol. The molecule has 4 nitrogen and oxygen atoms in total. The van der Waals surface area contributed by atoms with Gasteiger partial charge in [-0.05, 0) is 54.5 Å². The van der Waals surface area contributed by atoms with Crippen LogP contribution in [-0.4, -0.2) is 17.2 Å². The lowest BCUT2D eigenvalue weighted by atomic mass is 9.92. The first-order chi connectivity index (χ1) is 9.35. The molecule has 4 heteroatoms. The standard InChI is InChI=1S/C17H27NO3/c1-15(2,3)20-14(19)17(7,21-16(4,5)6)12-10-8-9-11-13(12)18/h8-11H,18H2,1-7H3. The fourth-order valence-electron chi connectivity index (χ4n) is 2.13. The third-order valence-corrected chi connectivity index (χ3v) is 2.77. The maximum Gasteiger partial charge on any atom is 0.343 e. The topological polar surface area (TPSA) is 61.5 Å². The van der Waals surface area contributed by atoms with Crippen molar-refractivity contribution in [2.24, 2.45) is 0 Å². The van der Waals surface area contributed by atoms with Gasteiger partial charge >= 0.3 is 5.97 Å². The van der Waals surface area contributed by atoms with Gasteiger partial charge in [-0.3, -0.25) is 0 Å². The summed E-state index contributed by atoms with van der Waals surface area (Å²) in [5, 5.41) is 0. The van der Waals surface area contributed by atoms with E-state index in [1.54, 1.807) is 19.1 Å². The van der Waals surface area contributed by atoms with Crippen molar-refractivity contribution < 1.29 is 14.3 Å². The van der Waals surface area contributed by atoms with E-state index in [1.165, 1.54) is 0 Å². The second-order valence-corrected chi connectivity index (χ2v) is 7.34. The van der Waals surface area contributed by atoms with Gasteiger partial charge in [-0.2, -0.15) is 0 Å². The molecular formula is C17H27NO3. The Kier molecular flexibility index (Phi) is 4.73. The van der Waals surface area contributed by atoms with E-state index in [4.69, 9.17) is 15.2 Å². The van der Waals surface area contributed by atoms with Gasteiger partial charge in [-0.1, -0.05) is 18.2 Å². The first-order valence-corrected chi connectivity index (χ1v) is 7.14. The summed E-state index contributed by atoms with van der Waals surface area (Å²) in [6.45, 7) is 12.9. The molecule has 0 aliphatic heterocycles. The van der Waals surface area contributed by atoms with Crippen molar-refractivity contribution in [1.29, 1.82) is 0 Å². The van der Waals surface area contributed by atoms with Crippen LogP contribution in [-0.2, 0) is 19.9 Å². The first-order valence-electron chi connectivity index (χ1n) is 7.14. The van der Waals surface area contributed by atoms with Crippen molar-refractivity contribution >= 4 is 11.7 Å². The number of hydrogen-bond donors (Lipinski definition) is 1. The smallest absolute Gasteiger partial charge is 0.343 e. The Balaban J connectivity index is 3.31. The molecule has 0 aliphatic rings.